The Morgan fingerprint density at radius 1 is 0.941 bits per heavy atom. The molecule has 0 heterocycles. The van der Waals surface area contributed by atoms with Gasteiger partial charge < -0.3 is 5.11 Å². The summed E-state index contributed by atoms with van der Waals surface area (Å²) in [6.45, 7) is 8.07. The Morgan fingerprint density at radius 3 is 1.88 bits per heavy atom. The van der Waals surface area contributed by atoms with Crippen molar-refractivity contribution in [2.45, 2.75) is 90.6 Å². The van der Waals surface area contributed by atoms with Crippen LogP contribution in [0.1, 0.15) is 84.5 Å². The number of aliphatic hydroxyl groups is 1. The number of hydrogen-bond donors (Lipinski definition) is 1. The lowest BCUT2D eigenvalue weighted by Crippen LogP contribution is -2.06. The monoisotopic (exact) mass is 240 g/mol. The van der Waals surface area contributed by atoms with Gasteiger partial charge in [-0.3, -0.25) is 0 Å². The molecule has 0 aromatic carbocycles. The fourth-order valence-electron chi connectivity index (χ4n) is 2.19. The molecule has 0 spiro atoms. The highest BCUT2D eigenvalue weighted by Crippen LogP contribution is 2.13. The zero-order valence-electron chi connectivity index (χ0n) is 12.0. The smallest absolute Gasteiger partial charge is 0.0577 e. The van der Waals surface area contributed by atoms with Gasteiger partial charge in [-0.25, -0.2) is 0 Å². The Balaban J connectivity index is 3.10. The van der Waals surface area contributed by atoms with Gasteiger partial charge in [0.2, 0.25) is 0 Å². The van der Waals surface area contributed by atoms with Crippen molar-refractivity contribution >= 4 is 0 Å². The molecule has 1 atom stereocenters. The minimum atomic E-state index is -0.156. The Kier molecular flexibility index (Phi) is 12.0. The van der Waals surface area contributed by atoms with Crippen LogP contribution in [0.2, 0.25) is 0 Å². The molecule has 0 bridgehead atoms. The number of unbranched alkanes of at least 4 members (excludes halogenated alkanes) is 8. The normalized spacial score (nSPS) is 12.6. The average molecular weight is 240 g/mol. The lowest BCUT2D eigenvalue weighted by Gasteiger charge is -2.09. The van der Waals surface area contributed by atoms with E-state index < -0.39 is 0 Å². The van der Waals surface area contributed by atoms with E-state index in [0.717, 1.165) is 18.4 Å². The van der Waals surface area contributed by atoms with E-state index >= 15 is 0 Å². The maximum atomic E-state index is 9.66. The minimum Gasteiger partial charge on any atom is -0.393 e. The summed E-state index contributed by atoms with van der Waals surface area (Å²) < 4.78 is 0. The molecule has 0 radical (unpaired) electrons. The second-order valence-corrected chi connectivity index (χ2v) is 5.43. The van der Waals surface area contributed by atoms with Crippen molar-refractivity contribution < 1.29 is 5.11 Å². The molecule has 1 unspecified atom stereocenters. The third-order valence-electron chi connectivity index (χ3n) is 3.22. The fraction of sp³-hybridized carbons (Fsp3) is 0.875. The quantitative estimate of drug-likeness (QED) is 0.365. The van der Waals surface area contributed by atoms with E-state index in [9.17, 15) is 5.11 Å². The molecule has 1 heteroatoms. The van der Waals surface area contributed by atoms with Gasteiger partial charge in [-0.1, -0.05) is 70.3 Å². The van der Waals surface area contributed by atoms with Crippen molar-refractivity contribution in [3.05, 3.63) is 12.2 Å². The highest BCUT2D eigenvalue weighted by molar-refractivity contribution is 4.90. The molecule has 1 nitrogen and oxygen atoms in total. The summed E-state index contributed by atoms with van der Waals surface area (Å²) >= 11 is 0. The van der Waals surface area contributed by atoms with Crippen LogP contribution in [-0.2, 0) is 0 Å². The second-order valence-electron chi connectivity index (χ2n) is 5.43. The van der Waals surface area contributed by atoms with Crippen LogP contribution in [0.5, 0.6) is 0 Å². The first kappa shape index (κ1) is 16.7. The van der Waals surface area contributed by atoms with Crippen LogP contribution in [0, 0.1) is 0 Å². The predicted octanol–water partition coefficient (Wildman–Crippen LogP) is 5.23. The molecule has 102 valence electrons. The topological polar surface area (TPSA) is 20.2 Å². The summed E-state index contributed by atoms with van der Waals surface area (Å²) in [5.41, 5.74) is 1.09. The summed E-state index contributed by atoms with van der Waals surface area (Å²) in [6.07, 6.45) is 13.7. The van der Waals surface area contributed by atoms with Crippen LogP contribution < -0.4 is 0 Å². The van der Waals surface area contributed by atoms with Crippen LogP contribution in [0.25, 0.3) is 0 Å². The van der Waals surface area contributed by atoms with Gasteiger partial charge in [-0.15, -0.1) is 6.58 Å². The molecule has 0 rings (SSSR count). The lowest BCUT2D eigenvalue weighted by molar-refractivity contribution is 0.161. The highest BCUT2D eigenvalue weighted by atomic mass is 16.3. The molecule has 0 fully saturated rings. The molecule has 0 aromatic rings. The summed E-state index contributed by atoms with van der Waals surface area (Å²) in [7, 11) is 0. The standard InChI is InChI=1S/C16H32O/c1-4-5-6-7-8-9-10-11-12-13-16(17)14-15(2)3/h16-17H,2,4-14H2,1,3H3. The first-order valence-electron chi connectivity index (χ1n) is 7.49. The highest BCUT2D eigenvalue weighted by Gasteiger charge is 2.03. The SMILES string of the molecule is C=C(C)CC(O)CCCCCCCCCCC. The Hall–Kier alpha value is -0.300. The Labute approximate surface area is 108 Å². The Bertz CT molecular complexity index is 174. The summed E-state index contributed by atoms with van der Waals surface area (Å²) in [5.74, 6) is 0. The molecule has 0 amide bonds. The first-order valence-corrected chi connectivity index (χ1v) is 7.49. The molecular weight excluding hydrogens is 208 g/mol. The second kappa shape index (κ2) is 12.2. The van der Waals surface area contributed by atoms with Gasteiger partial charge in [0, 0.05) is 0 Å². The molecule has 0 aromatic heterocycles. The third kappa shape index (κ3) is 13.6. The Morgan fingerprint density at radius 2 is 1.41 bits per heavy atom. The van der Waals surface area contributed by atoms with E-state index in [4.69, 9.17) is 0 Å². The van der Waals surface area contributed by atoms with Crippen LogP contribution in [0.3, 0.4) is 0 Å². The van der Waals surface area contributed by atoms with E-state index in [1.807, 2.05) is 6.92 Å². The predicted molar refractivity (Wildman–Crippen MR) is 77.3 cm³/mol. The average Bonchev–Trinajstić information content (AvgIpc) is 2.26. The van der Waals surface area contributed by atoms with Gasteiger partial charge in [-0.2, -0.15) is 0 Å². The van der Waals surface area contributed by atoms with Crippen molar-refractivity contribution in [1.82, 2.24) is 0 Å². The first-order chi connectivity index (χ1) is 8.16. The molecule has 0 aliphatic carbocycles. The van der Waals surface area contributed by atoms with Gasteiger partial charge in [0.1, 0.15) is 0 Å². The van der Waals surface area contributed by atoms with Crippen molar-refractivity contribution in [2.75, 3.05) is 0 Å². The molecule has 0 saturated carbocycles. The van der Waals surface area contributed by atoms with Gasteiger partial charge in [0.25, 0.3) is 0 Å². The van der Waals surface area contributed by atoms with Crippen LogP contribution in [0.15, 0.2) is 12.2 Å². The molecule has 0 aliphatic rings. The number of rotatable bonds is 12. The van der Waals surface area contributed by atoms with Crippen LogP contribution in [0.4, 0.5) is 0 Å². The maximum absolute atomic E-state index is 9.66. The fourth-order valence-corrected chi connectivity index (χ4v) is 2.19. The van der Waals surface area contributed by atoms with Crippen molar-refractivity contribution in [1.29, 1.82) is 0 Å². The summed E-state index contributed by atoms with van der Waals surface area (Å²) in [6, 6.07) is 0. The molecule has 0 aliphatic heterocycles. The van der Waals surface area contributed by atoms with Crippen LogP contribution in [-0.4, -0.2) is 11.2 Å². The largest absolute Gasteiger partial charge is 0.393 e. The summed E-state index contributed by atoms with van der Waals surface area (Å²) in [4.78, 5) is 0. The van der Waals surface area contributed by atoms with Gasteiger partial charge in [0.05, 0.1) is 6.10 Å². The van der Waals surface area contributed by atoms with E-state index in [0.29, 0.717) is 0 Å². The third-order valence-corrected chi connectivity index (χ3v) is 3.22. The van der Waals surface area contributed by atoms with Gasteiger partial charge in [-0.05, 0) is 19.8 Å². The molecule has 1 N–H and O–H groups in total. The molecular formula is C16H32O. The minimum absolute atomic E-state index is 0.156. The van der Waals surface area contributed by atoms with Gasteiger partial charge >= 0.3 is 0 Å². The zero-order valence-corrected chi connectivity index (χ0v) is 12.0. The van der Waals surface area contributed by atoms with E-state index in [2.05, 4.69) is 13.5 Å². The number of aliphatic hydroxyl groups excluding tert-OH is 1. The van der Waals surface area contributed by atoms with E-state index in [1.165, 1.54) is 57.8 Å². The van der Waals surface area contributed by atoms with E-state index in [-0.39, 0.29) is 6.10 Å². The lowest BCUT2D eigenvalue weighted by atomic mass is 10.0. The zero-order chi connectivity index (χ0) is 12.9. The van der Waals surface area contributed by atoms with Gasteiger partial charge in [0.15, 0.2) is 0 Å². The maximum Gasteiger partial charge on any atom is 0.0577 e. The summed E-state index contributed by atoms with van der Waals surface area (Å²) in [5, 5.41) is 9.66. The van der Waals surface area contributed by atoms with Crippen molar-refractivity contribution in [2.24, 2.45) is 0 Å². The molecule has 0 saturated heterocycles. The van der Waals surface area contributed by atoms with Crippen molar-refractivity contribution in [3.63, 3.8) is 0 Å². The number of hydrogen-bond acceptors (Lipinski definition) is 1. The molecule has 17 heavy (non-hydrogen) atoms. The van der Waals surface area contributed by atoms with E-state index in [1.54, 1.807) is 0 Å². The van der Waals surface area contributed by atoms with Crippen LogP contribution >= 0.6 is 0 Å². The van der Waals surface area contributed by atoms with Crippen molar-refractivity contribution in [3.8, 4) is 0 Å².